The molecule has 1 aliphatic carbocycles. The lowest BCUT2D eigenvalue weighted by Gasteiger charge is -2.36. The molecule has 0 atom stereocenters. The summed E-state index contributed by atoms with van der Waals surface area (Å²) < 4.78 is 1.83. The number of aromatic nitrogens is 2. The molecule has 1 saturated carbocycles. The topological polar surface area (TPSA) is 73.7 Å². The zero-order valence-electron chi connectivity index (χ0n) is 18.6. The summed E-state index contributed by atoms with van der Waals surface area (Å²) in [6.45, 7) is 7.96. The number of carbonyl (C=O) groups excluding carboxylic acids is 2. The quantitative estimate of drug-likeness (QED) is 0.638. The van der Waals surface area contributed by atoms with Gasteiger partial charge in [0.15, 0.2) is 5.82 Å². The van der Waals surface area contributed by atoms with Gasteiger partial charge in [0.2, 0.25) is 0 Å². The zero-order valence-corrected chi connectivity index (χ0v) is 18.6. The van der Waals surface area contributed by atoms with E-state index in [1.54, 1.807) is 6.20 Å². The van der Waals surface area contributed by atoms with Gasteiger partial charge >= 0.3 is 0 Å². The lowest BCUT2D eigenvalue weighted by atomic mass is 10.2. The summed E-state index contributed by atoms with van der Waals surface area (Å²) >= 11 is 0. The highest BCUT2D eigenvalue weighted by molar-refractivity contribution is 5.96. The van der Waals surface area contributed by atoms with Gasteiger partial charge in [0.05, 0.1) is 0 Å². The number of amides is 2. The number of fused-ring (bicyclic) bond motifs is 1. The van der Waals surface area contributed by atoms with E-state index in [-0.39, 0.29) is 11.8 Å². The van der Waals surface area contributed by atoms with Crippen LogP contribution in [0.1, 0.15) is 40.4 Å². The van der Waals surface area contributed by atoms with Gasteiger partial charge in [0, 0.05) is 64.2 Å². The van der Waals surface area contributed by atoms with Crippen molar-refractivity contribution in [3.05, 3.63) is 48.0 Å². The number of para-hydroxylation sites is 1. The fraction of sp³-hybridized carbons (Fsp3) is 0.542. The first-order chi connectivity index (χ1) is 15.7. The van der Waals surface area contributed by atoms with Gasteiger partial charge in [-0.3, -0.25) is 14.5 Å². The van der Waals surface area contributed by atoms with Crippen LogP contribution >= 0.6 is 0 Å². The molecule has 8 nitrogen and oxygen atoms in total. The number of carbonyl (C=O) groups is 2. The monoisotopic (exact) mass is 436 g/mol. The van der Waals surface area contributed by atoms with Gasteiger partial charge in [-0.2, -0.15) is 0 Å². The third-order valence-corrected chi connectivity index (χ3v) is 6.70. The number of hydrogen-bond donors (Lipinski definition) is 1. The summed E-state index contributed by atoms with van der Waals surface area (Å²) in [4.78, 5) is 36.3. The summed E-state index contributed by atoms with van der Waals surface area (Å²) in [5.41, 5.74) is 1.63. The molecule has 2 aromatic rings. The van der Waals surface area contributed by atoms with Crippen LogP contribution in [0.4, 0.5) is 5.69 Å². The summed E-state index contributed by atoms with van der Waals surface area (Å²) in [6, 6.07) is 10.5. The van der Waals surface area contributed by atoms with E-state index < -0.39 is 0 Å². The fourth-order valence-electron chi connectivity index (χ4n) is 4.59. The van der Waals surface area contributed by atoms with Crippen molar-refractivity contribution in [2.75, 3.05) is 57.3 Å². The van der Waals surface area contributed by atoms with Crippen molar-refractivity contribution < 1.29 is 9.59 Å². The first kappa shape index (κ1) is 21.0. The molecule has 170 valence electrons. The van der Waals surface area contributed by atoms with Crippen molar-refractivity contribution in [1.82, 2.24) is 24.7 Å². The minimum Gasteiger partial charge on any atom is -0.369 e. The second-order valence-electron chi connectivity index (χ2n) is 9.11. The molecule has 5 rings (SSSR count). The average molecular weight is 437 g/mol. The van der Waals surface area contributed by atoms with Crippen molar-refractivity contribution >= 4 is 17.5 Å². The number of imidazole rings is 1. The molecule has 1 N–H and O–H groups in total. The summed E-state index contributed by atoms with van der Waals surface area (Å²) in [5.74, 6) is 0.821. The van der Waals surface area contributed by atoms with E-state index in [0.29, 0.717) is 37.1 Å². The number of anilines is 1. The molecular formula is C24H32N6O2. The van der Waals surface area contributed by atoms with E-state index in [4.69, 9.17) is 0 Å². The Labute approximate surface area is 189 Å². The van der Waals surface area contributed by atoms with Gasteiger partial charge < -0.3 is 19.7 Å². The number of rotatable bonds is 8. The van der Waals surface area contributed by atoms with Crippen LogP contribution in [0.5, 0.6) is 0 Å². The molecule has 2 fully saturated rings. The largest absolute Gasteiger partial charge is 0.369 e. The first-order valence-corrected chi connectivity index (χ1v) is 11.8. The molecule has 3 aliphatic rings. The molecule has 0 unspecified atom stereocenters. The van der Waals surface area contributed by atoms with Crippen LogP contribution in [0.25, 0.3) is 0 Å². The van der Waals surface area contributed by atoms with Gasteiger partial charge in [-0.1, -0.05) is 18.2 Å². The number of hydrogen-bond acceptors (Lipinski definition) is 5. The van der Waals surface area contributed by atoms with Gasteiger partial charge in [-0.25, -0.2) is 4.98 Å². The molecule has 1 aromatic carbocycles. The summed E-state index contributed by atoms with van der Waals surface area (Å²) in [6.07, 6.45) is 5.06. The average Bonchev–Trinajstić information content (AvgIpc) is 3.54. The van der Waals surface area contributed by atoms with Crippen LogP contribution in [-0.2, 0) is 6.54 Å². The molecule has 2 aliphatic heterocycles. The van der Waals surface area contributed by atoms with Gasteiger partial charge in [-0.15, -0.1) is 0 Å². The van der Waals surface area contributed by atoms with E-state index in [1.165, 1.54) is 18.5 Å². The molecule has 3 heterocycles. The van der Waals surface area contributed by atoms with E-state index >= 15 is 0 Å². The molecular weight excluding hydrogens is 404 g/mol. The van der Waals surface area contributed by atoms with Crippen LogP contribution in [0.2, 0.25) is 0 Å². The van der Waals surface area contributed by atoms with Gasteiger partial charge in [-0.05, 0) is 43.9 Å². The number of piperazine rings is 1. The van der Waals surface area contributed by atoms with Gasteiger partial charge in [0.25, 0.3) is 11.8 Å². The number of benzene rings is 1. The van der Waals surface area contributed by atoms with Crippen LogP contribution in [-0.4, -0.2) is 83.5 Å². The predicted octanol–water partition coefficient (Wildman–Crippen LogP) is 1.69. The minimum atomic E-state index is -0.192. The van der Waals surface area contributed by atoms with Crippen LogP contribution in [0.15, 0.2) is 36.5 Å². The van der Waals surface area contributed by atoms with Crippen molar-refractivity contribution in [3.63, 3.8) is 0 Å². The van der Waals surface area contributed by atoms with Crippen molar-refractivity contribution in [2.24, 2.45) is 5.92 Å². The highest BCUT2D eigenvalue weighted by Gasteiger charge is 2.32. The smallest absolute Gasteiger partial charge is 0.289 e. The third-order valence-electron chi connectivity index (χ3n) is 6.70. The Balaban J connectivity index is 1.04. The van der Waals surface area contributed by atoms with E-state index in [2.05, 4.69) is 50.4 Å². The highest BCUT2D eigenvalue weighted by atomic mass is 16.2. The van der Waals surface area contributed by atoms with Crippen LogP contribution in [0, 0.1) is 5.92 Å². The lowest BCUT2D eigenvalue weighted by Crippen LogP contribution is -2.47. The molecule has 32 heavy (non-hydrogen) atoms. The normalized spacial score (nSPS) is 19.2. The Morgan fingerprint density at radius 2 is 1.81 bits per heavy atom. The van der Waals surface area contributed by atoms with Crippen LogP contribution in [0.3, 0.4) is 0 Å². The summed E-state index contributed by atoms with van der Waals surface area (Å²) in [7, 11) is 0. The highest BCUT2D eigenvalue weighted by Crippen LogP contribution is 2.30. The van der Waals surface area contributed by atoms with E-state index in [0.717, 1.165) is 45.7 Å². The second-order valence-corrected chi connectivity index (χ2v) is 9.11. The van der Waals surface area contributed by atoms with Gasteiger partial charge in [0.1, 0.15) is 5.69 Å². The maximum absolute atomic E-state index is 12.7. The van der Waals surface area contributed by atoms with E-state index in [9.17, 15) is 9.59 Å². The Morgan fingerprint density at radius 1 is 1.03 bits per heavy atom. The standard InChI is InChI=1S/C24H32N6O2/c31-23(21-18-29-15-16-30(17-19-7-8-19)24(32)22(29)26-21)25-9-4-10-27-11-13-28(14-12-27)20-5-2-1-3-6-20/h1-3,5-6,18-19H,4,7-17H2,(H,25,31). The SMILES string of the molecule is O=C(NCCCN1CCN(c2ccccc2)CC1)c1cn2c(n1)C(=O)N(CC1CC1)CC2. The molecule has 2 amide bonds. The number of nitrogens with zero attached hydrogens (tertiary/aromatic N) is 5. The third kappa shape index (κ3) is 4.80. The van der Waals surface area contributed by atoms with E-state index in [1.807, 2.05) is 9.47 Å². The predicted molar refractivity (Wildman–Crippen MR) is 123 cm³/mol. The molecule has 1 aromatic heterocycles. The Bertz CT molecular complexity index is 947. The minimum absolute atomic E-state index is 0.0446. The second kappa shape index (κ2) is 9.32. The van der Waals surface area contributed by atoms with Crippen LogP contribution < -0.4 is 10.2 Å². The maximum atomic E-state index is 12.7. The Kier molecular flexibility index (Phi) is 6.12. The van der Waals surface area contributed by atoms with Crippen molar-refractivity contribution in [2.45, 2.75) is 25.8 Å². The maximum Gasteiger partial charge on any atom is 0.289 e. The number of nitrogens with one attached hydrogen (secondary N) is 1. The molecule has 0 radical (unpaired) electrons. The lowest BCUT2D eigenvalue weighted by molar-refractivity contribution is 0.0688. The molecule has 0 spiro atoms. The Hall–Kier alpha value is -2.87. The molecule has 8 heteroatoms. The van der Waals surface area contributed by atoms with Crippen molar-refractivity contribution in [3.8, 4) is 0 Å². The molecule has 0 bridgehead atoms. The fourth-order valence-corrected chi connectivity index (χ4v) is 4.59. The summed E-state index contributed by atoms with van der Waals surface area (Å²) in [5, 5.41) is 2.97. The first-order valence-electron chi connectivity index (χ1n) is 11.8. The van der Waals surface area contributed by atoms with Crippen molar-refractivity contribution in [1.29, 1.82) is 0 Å². The zero-order chi connectivity index (χ0) is 21.9. The Morgan fingerprint density at radius 3 is 2.56 bits per heavy atom. The molecule has 1 saturated heterocycles.